The van der Waals surface area contributed by atoms with Gasteiger partial charge in [-0.2, -0.15) is 12.1 Å². The molecule has 0 radical (unpaired) electrons. The molecular formula is C66H59N4OPt-3. The van der Waals surface area contributed by atoms with Gasteiger partial charge < -0.3 is 19.1 Å². The Hall–Kier alpha value is -7.20. The molecule has 0 amide bonds. The molecule has 0 saturated carbocycles. The summed E-state index contributed by atoms with van der Waals surface area (Å²) in [6.07, 6.45) is 1.94. The SMILES string of the molecule is CC(C)(C)c1cc(N2[CH-]N(c3[c-]c(Oc4[c-]c5c(cc4)c4ccccc4n5-c4cc(-c5c(-c6ccccc6)cc(C(C)(C)C)cc5-c5ccccc5)ccn4)ccc3)c3ccccc32)cc(C(C)(C)C)c1.[Pt]. The maximum absolute atomic E-state index is 6.74. The molecule has 0 unspecified atom stereocenters. The van der Waals surface area contributed by atoms with Crippen LogP contribution in [0.3, 0.4) is 0 Å². The molecule has 5 nitrogen and oxygen atoms in total. The Morgan fingerprint density at radius 3 is 1.65 bits per heavy atom. The van der Waals surface area contributed by atoms with Gasteiger partial charge >= 0.3 is 0 Å². The Kier molecular flexibility index (Phi) is 12.6. The van der Waals surface area contributed by atoms with Gasteiger partial charge in [0, 0.05) is 61.3 Å². The minimum atomic E-state index is -0.0677. The summed E-state index contributed by atoms with van der Waals surface area (Å²) in [6, 6.07) is 72.3. The normalized spacial score (nSPS) is 12.8. The number of rotatable bonds is 8. The molecule has 2 aromatic heterocycles. The number of pyridine rings is 1. The van der Waals surface area contributed by atoms with Crippen LogP contribution in [0.25, 0.3) is 61.0 Å². The molecule has 3 heterocycles. The number of aromatic nitrogens is 2. The predicted octanol–water partition coefficient (Wildman–Crippen LogP) is 17.9. The topological polar surface area (TPSA) is 33.5 Å². The van der Waals surface area contributed by atoms with Crippen molar-refractivity contribution in [2.24, 2.45) is 0 Å². The van der Waals surface area contributed by atoms with Crippen LogP contribution in [0.1, 0.15) is 79.0 Å². The summed E-state index contributed by atoms with van der Waals surface area (Å²) < 4.78 is 8.96. The maximum atomic E-state index is 6.74. The van der Waals surface area contributed by atoms with Gasteiger partial charge in [0.25, 0.3) is 0 Å². The third-order valence-electron chi connectivity index (χ3n) is 13.8. The number of ether oxygens (including phenoxy) is 1. The van der Waals surface area contributed by atoms with Crippen molar-refractivity contribution in [3.05, 3.63) is 224 Å². The molecule has 1 aliphatic rings. The molecule has 0 bridgehead atoms. The Balaban J connectivity index is 0.00000596. The van der Waals surface area contributed by atoms with E-state index in [0.29, 0.717) is 11.5 Å². The zero-order chi connectivity index (χ0) is 49.2. The third kappa shape index (κ3) is 9.16. The largest absolute Gasteiger partial charge is 0.509 e. The van der Waals surface area contributed by atoms with Gasteiger partial charge in [-0.25, -0.2) is 4.98 Å². The van der Waals surface area contributed by atoms with E-state index in [1.54, 1.807) is 0 Å². The van der Waals surface area contributed by atoms with Crippen molar-refractivity contribution >= 4 is 44.6 Å². The van der Waals surface area contributed by atoms with E-state index in [2.05, 4.69) is 259 Å². The van der Waals surface area contributed by atoms with Crippen molar-refractivity contribution in [3.8, 4) is 50.7 Å². The summed E-state index contributed by atoms with van der Waals surface area (Å²) in [5.41, 5.74) is 16.9. The molecular weight excluding hydrogens is 1060 g/mol. The monoisotopic (exact) mass is 1120 g/mol. The summed E-state index contributed by atoms with van der Waals surface area (Å²) >= 11 is 0. The zero-order valence-electron chi connectivity index (χ0n) is 42.5. The molecule has 8 aromatic carbocycles. The van der Waals surface area contributed by atoms with Crippen molar-refractivity contribution in [3.63, 3.8) is 0 Å². The van der Waals surface area contributed by atoms with E-state index >= 15 is 0 Å². The van der Waals surface area contributed by atoms with Crippen LogP contribution in [0, 0.1) is 18.8 Å². The molecule has 0 spiro atoms. The van der Waals surface area contributed by atoms with Gasteiger partial charge in [-0.15, -0.1) is 48.1 Å². The van der Waals surface area contributed by atoms with Gasteiger partial charge in [-0.1, -0.05) is 165 Å². The Morgan fingerprint density at radius 1 is 0.472 bits per heavy atom. The van der Waals surface area contributed by atoms with Gasteiger partial charge in [-0.3, -0.25) is 0 Å². The second-order valence-electron chi connectivity index (χ2n) is 21.9. The number of anilines is 4. The van der Waals surface area contributed by atoms with Gasteiger partial charge in [0.15, 0.2) is 0 Å². The zero-order valence-corrected chi connectivity index (χ0v) is 44.8. The first-order valence-electron chi connectivity index (χ1n) is 24.7. The van der Waals surface area contributed by atoms with Gasteiger partial charge in [0.05, 0.1) is 0 Å². The number of benzene rings is 8. The summed E-state index contributed by atoms with van der Waals surface area (Å²) in [5.74, 6) is 1.97. The number of fused-ring (bicyclic) bond motifs is 4. The van der Waals surface area contributed by atoms with Crippen molar-refractivity contribution in [1.29, 1.82) is 0 Å². The third-order valence-corrected chi connectivity index (χ3v) is 13.8. The Labute approximate surface area is 440 Å². The van der Waals surface area contributed by atoms with Crippen LogP contribution >= 0.6 is 0 Å². The second-order valence-corrected chi connectivity index (χ2v) is 21.9. The molecule has 1 aliphatic heterocycles. The van der Waals surface area contributed by atoms with Crippen LogP contribution < -0.4 is 14.5 Å². The first kappa shape index (κ1) is 48.4. The van der Waals surface area contributed by atoms with Crippen LogP contribution in [0.4, 0.5) is 22.7 Å². The molecule has 0 aliphatic carbocycles. The molecule has 0 atom stereocenters. The molecule has 0 N–H and O–H groups in total. The minimum absolute atomic E-state index is 0. The summed E-state index contributed by atoms with van der Waals surface area (Å²) in [4.78, 5) is 9.61. The number of para-hydroxylation sites is 3. The fraction of sp³-hybridized carbons (Fsp3) is 0.182. The van der Waals surface area contributed by atoms with E-state index in [4.69, 9.17) is 9.72 Å². The van der Waals surface area contributed by atoms with E-state index in [0.717, 1.165) is 61.5 Å². The fourth-order valence-electron chi connectivity index (χ4n) is 9.82. The number of hydrogen-bond donors (Lipinski definition) is 0. The van der Waals surface area contributed by atoms with Gasteiger partial charge in [0.1, 0.15) is 5.82 Å². The van der Waals surface area contributed by atoms with E-state index in [-0.39, 0.29) is 37.3 Å². The molecule has 11 rings (SSSR count). The smallest absolute Gasteiger partial charge is 0.136 e. The summed E-state index contributed by atoms with van der Waals surface area (Å²) in [7, 11) is 0. The van der Waals surface area contributed by atoms with E-state index in [9.17, 15) is 0 Å². The first-order chi connectivity index (χ1) is 34.1. The van der Waals surface area contributed by atoms with Crippen LogP contribution in [-0.2, 0) is 37.3 Å². The molecule has 72 heavy (non-hydrogen) atoms. The van der Waals surface area contributed by atoms with Crippen molar-refractivity contribution in [2.75, 3.05) is 9.80 Å². The molecule has 0 fully saturated rings. The maximum Gasteiger partial charge on any atom is 0.136 e. The fourth-order valence-corrected chi connectivity index (χ4v) is 9.82. The quantitative estimate of drug-likeness (QED) is 0.142. The van der Waals surface area contributed by atoms with E-state index < -0.39 is 0 Å². The van der Waals surface area contributed by atoms with Crippen LogP contribution in [0.5, 0.6) is 11.5 Å². The van der Waals surface area contributed by atoms with Crippen LogP contribution in [-0.4, -0.2) is 9.55 Å². The summed E-state index contributed by atoms with van der Waals surface area (Å²) in [5, 5.41) is 2.18. The average Bonchev–Trinajstić information content (AvgIpc) is 3.92. The second kappa shape index (κ2) is 18.8. The molecule has 362 valence electrons. The molecule has 0 saturated heterocycles. The van der Waals surface area contributed by atoms with Crippen molar-refractivity contribution in [1.82, 2.24) is 9.55 Å². The van der Waals surface area contributed by atoms with Crippen molar-refractivity contribution < 1.29 is 25.8 Å². The van der Waals surface area contributed by atoms with E-state index in [1.165, 1.54) is 38.9 Å². The Bertz CT molecular complexity index is 3520. The van der Waals surface area contributed by atoms with Crippen LogP contribution in [0.2, 0.25) is 0 Å². The van der Waals surface area contributed by atoms with Gasteiger partial charge in [0.2, 0.25) is 0 Å². The number of hydrogen-bond acceptors (Lipinski definition) is 4. The number of nitrogens with zero attached hydrogens (tertiary/aromatic N) is 4. The molecule has 6 heteroatoms. The average molecular weight is 1120 g/mol. The molecule has 10 aromatic rings. The predicted molar refractivity (Wildman–Crippen MR) is 297 cm³/mol. The minimum Gasteiger partial charge on any atom is -0.509 e. The van der Waals surface area contributed by atoms with E-state index in [1.807, 2.05) is 24.4 Å². The van der Waals surface area contributed by atoms with Crippen molar-refractivity contribution in [2.45, 2.75) is 78.6 Å². The standard InChI is InChI=1S/C66H59N4O.Pt/c1-64(2,3)47-36-48(65(4,5)6)38-51(37-47)69-43-68(59-29-18-19-30-60(59)69)50-25-20-26-52(41-50)71-53-31-32-55-54-27-16-17-28-58(54)70(61(55)42-53)62-35-46(33-34-67-62)63-56(44-21-12-10-13-22-44)39-49(66(7,8)9)40-57(63)45-23-14-11-15-24-45;/h10-40,43H,1-9H3;/q-3;. The Morgan fingerprint density at radius 2 is 1.03 bits per heavy atom. The summed E-state index contributed by atoms with van der Waals surface area (Å²) in [6.45, 7) is 22.7. The first-order valence-corrected chi connectivity index (χ1v) is 24.7. The van der Waals surface area contributed by atoms with Gasteiger partial charge in [-0.05, 0) is 126 Å². The van der Waals surface area contributed by atoms with Crippen LogP contribution in [0.15, 0.2) is 188 Å².